The van der Waals surface area contributed by atoms with E-state index in [-0.39, 0.29) is 11.9 Å². The van der Waals surface area contributed by atoms with Gasteiger partial charge in [0.05, 0.1) is 0 Å². The van der Waals surface area contributed by atoms with Gasteiger partial charge in [0.25, 0.3) is 0 Å². The highest BCUT2D eigenvalue weighted by Crippen LogP contribution is 2.53. The summed E-state index contributed by atoms with van der Waals surface area (Å²) in [5.41, 5.74) is 2.86. The van der Waals surface area contributed by atoms with E-state index in [1.165, 1.54) is 31.2 Å². The second-order valence-corrected chi connectivity index (χ2v) is 8.50. The highest BCUT2D eigenvalue weighted by molar-refractivity contribution is 5.83. The molecule has 2 aromatic rings. The predicted octanol–water partition coefficient (Wildman–Crippen LogP) is 3.82. The number of nitrogens with zero attached hydrogens (tertiary/aromatic N) is 3. The van der Waals surface area contributed by atoms with E-state index in [1.54, 1.807) is 0 Å². The summed E-state index contributed by atoms with van der Waals surface area (Å²) in [6, 6.07) is 8.26. The van der Waals surface area contributed by atoms with Crippen molar-refractivity contribution >= 4 is 11.9 Å². The van der Waals surface area contributed by atoms with Crippen LogP contribution < -0.4 is 5.32 Å². The van der Waals surface area contributed by atoms with E-state index in [0.717, 1.165) is 37.4 Å². The number of piperidine rings is 1. The van der Waals surface area contributed by atoms with Gasteiger partial charge in [-0.15, -0.1) is 5.10 Å². The fraction of sp³-hybridized carbons (Fsp3) is 0.571. The van der Waals surface area contributed by atoms with Gasteiger partial charge in [-0.05, 0) is 74.5 Å². The zero-order valence-corrected chi connectivity index (χ0v) is 15.8. The third kappa shape index (κ3) is 3.45. The van der Waals surface area contributed by atoms with Gasteiger partial charge in [0.1, 0.15) is 6.04 Å². The van der Waals surface area contributed by atoms with E-state index in [4.69, 9.17) is 4.42 Å². The minimum atomic E-state index is -0.371. The maximum absolute atomic E-state index is 12.7. The normalized spacial score (nSPS) is 21.9. The highest BCUT2D eigenvalue weighted by atomic mass is 16.4. The van der Waals surface area contributed by atoms with Crippen molar-refractivity contribution in [3.63, 3.8) is 0 Å². The van der Waals surface area contributed by atoms with E-state index in [9.17, 15) is 4.79 Å². The molecular weight excluding hydrogens is 340 g/mol. The highest BCUT2D eigenvalue weighted by Gasteiger charge is 2.45. The molecule has 6 nitrogen and oxygen atoms in total. The molecule has 0 radical (unpaired) electrons. The smallest absolute Gasteiger partial charge is 0.316 e. The Labute approximate surface area is 159 Å². The molecule has 1 spiro atoms. The molecule has 2 heterocycles. The van der Waals surface area contributed by atoms with Crippen molar-refractivity contribution in [1.82, 2.24) is 15.1 Å². The molecule has 1 N–H and O–H groups in total. The van der Waals surface area contributed by atoms with Gasteiger partial charge in [-0.1, -0.05) is 17.2 Å². The van der Waals surface area contributed by atoms with Gasteiger partial charge >= 0.3 is 6.01 Å². The van der Waals surface area contributed by atoms with E-state index in [0.29, 0.717) is 17.3 Å². The number of nitrogens with one attached hydrogen (secondary N) is 1. The molecule has 3 fully saturated rings. The molecule has 3 aliphatic rings. The molecule has 1 amide bonds. The first kappa shape index (κ1) is 16.8. The fourth-order valence-corrected chi connectivity index (χ4v) is 4.11. The first-order valence-electron chi connectivity index (χ1n) is 10.1. The number of benzene rings is 1. The van der Waals surface area contributed by atoms with Gasteiger partial charge in [0, 0.05) is 18.7 Å². The van der Waals surface area contributed by atoms with Crippen LogP contribution in [0.5, 0.6) is 0 Å². The third-order valence-electron chi connectivity index (χ3n) is 6.43. The van der Waals surface area contributed by atoms with Crippen LogP contribution >= 0.6 is 0 Å². The van der Waals surface area contributed by atoms with Gasteiger partial charge in [0.15, 0.2) is 0 Å². The van der Waals surface area contributed by atoms with Crippen molar-refractivity contribution in [3.8, 4) is 11.5 Å². The lowest BCUT2D eigenvalue weighted by Gasteiger charge is -2.33. The molecule has 1 saturated heterocycles. The average Bonchev–Trinajstić information content (AvgIpc) is 3.62. The molecule has 1 aromatic heterocycles. The number of likely N-dealkylation sites (tertiary alicyclic amines) is 1. The van der Waals surface area contributed by atoms with Crippen LogP contribution in [0.4, 0.5) is 6.01 Å². The Balaban J connectivity index is 1.20. The lowest BCUT2D eigenvalue weighted by Crippen LogP contribution is -2.45. The minimum absolute atomic E-state index is 0.110. The first-order valence-corrected chi connectivity index (χ1v) is 10.1. The van der Waals surface area contributed by atoms with E-state index >= 15 is 0 Å². The Morgan fingerprint density at radius 3 is 2.48 bits per heavy atom. The summed E-state index contributed by atoms with van der Waals surface area (Å²) in [4.78, 5) is 14.7. The summed E-state index contributed by atoms with van der Waals surface area (Å²) in [5, 5.41) is 11.3. The monoisotopic (exact) mass is 366 g/mol. The second-order valence-electron chi connectivity index (χ2n) is 8.50. The number of anilines is 1. The number of carbonyl (C=O) groups is 1. The average molecular weight is 366 g/mol. The summed E-state index contributed by atoms with van der Waals surface area (Å²) < 4.78 is 5.73. The zero-order chi connectivity index (χ0) is 18.4. The molecule has 5 rings (SSSR count). The van der Waals surface area contributed by atoms with Gasteiger partial charge in [-0.25, -0.2) is 0 Å². The van der Waals surface area contributed by atoms with Crippen molar-refractivity contribution < 1.29 is 9.21 Å². The largest absolute Gasteiger partial charge is 0.403 e. The second kappa shape index (κ2) is 6.36. The molecule has 1 aliphatic heterocycles. The SMILES string of the molecule is CC(Nc1nnc(-c2ccc(C3CC3)cc2)o1)C(=O)N1CCC2(CC1)CC2. The summed E-state index contributed by atoms with van der Waals surface area (Å²) in [6.45, 7) is 3.60. The Hall–Kier alpha value is -2.37. The van der Waals surface area contributed by atoms with Crippen LogP contribution in [0.2, 0.25) is 0 Å². The number of hydrogen-bond donors (Lipinski definition) is 1. The van der Waals surface area contributed by atoms with Crippen LogP contribution in [0, 0.1) is 5.41 Å². The maximum atomic E-state index is 12.7. The van der Waals surface area contributed by atoms with Gasteiger partial charge in [-0.2, -0.15) is 0 Å². The van der Waals surface area contributed by atoms with E-state index in [1.807, 2.05) is 24.0 Å². The Morgan fingerprint density at radius 1 is 1.15 bits per heavy atom. The fourth-order valence-electron chi connectivity index (χ4n) is 4.11. The Kier molecular flexibility index (Phi) is 3.95. The van der Waals surface area contributed by atoms with Crippen LogP contribution in [0.3, 0.4) is 0 Å². The lowest BCUT2D eigenvalue weighted by molar-refractivity contribution is -0.133. The van der Waals surface area contributed by atoms with Crippen LogP contribution in [-0.2, 0) is 4.79 Å². The topological polar surface area (TPSA) is 71.3 Å². The van der Waals surface area contributed by atoms with Gasteiger partial charge in [0.2, 0.25) is 11.8 Å². The van der Waals surface area contributed by atoms with Crippen LogP contribution in [0.25, 0.3) is 11.5 Å². The van der Waals surface area contributed by atoms with E-state index in [2.05, 4.69) is 27.6 Å². The van der Waals surface area contributed by atoms with Gasteiger partial charge in [-0.3, -0.25) is 4.79 Å². The van der Waals surface area contributed by atoms with Crippen molar-refractivity contribution in [2.75, 3.05) is 18.4 Å². The van der Waals surface area contributed by atoms with Gasteiger partial charge < -0.3 is 14.6 Å². The number of amides is 1. The molecule has 1 unspecified atom stereocenters. The number of hydrogen-bond acceptors (Lipinski definition) is 5. The number of aromatic nitrogens is 2. The standard InChI is InChI=1S/C21H26N4O2/c1-14(19(26)25-12-10-21(8-9-21)11-13-25)22-20-24-23-18(27-20)17-6-4-16(5-7-17)15-2-3-15/h4-7,14-15H,2-3,8-13H2,1H3,(H,22,24). The lowest BCUT2D eigenvalue weighted by atomic mass is 9.93. The van der Waals surface area contributed by atoms with Crippen molar-refractivity contribution in [2.45, 2.75) is 57.4 Å². The first-order chi connectivity index (χ1) is 13.1. The molecule has 2 saturated carbocycles. The molecule has 27 heavy (non-hydrogen) atoms. The number of rotatable bonds is 5. The molecule has 2 aliphatic carbocycles. The molecule has 6 heteroatoms. The molecular formula is C21H26N4O2. The third-order valence-corrected chi connectivity index (χ3v) is 6.43. The van der Waals surface area contributed by atoms with Crippen molar-refractivity contribution in [2.24, 2.45) is 5.41 Å². The minimum Gasteiger partial charge on any atom is -0.403 e. The summed E-state index contributed by atoms with van der Waals surface area (Å²) >= 11 is 0. The molecule has 0 bridgehead atoms. The quantitative estimate of drug-likeness (QED) is 0.871. The Morgan fingerprint density at radius 2 is 1.85 bits per heavy atom. The van der Waals surface area contributed by atoms with Crippen LogP contribution in [0.15, 0.2) is 28.7 Å². The summed E-state index contributed by atoms with van der Waals surface area (Å²) in [5.74, 6) is 1.32. The Bertz CT molecular complexity index is 826. The van der Waals surface area contributed by atoms with Crippen molar-refractivity contribution in [3.05, 3.63) is 29.8 Å². The molecule has 142 valence electrons. The van der Waals surface area contributed by atoms with Crippen LogP contribution in [0.1, 0.15) is 56.9 Å². The summed E-state index contributed by atoms with van der Waals surface area (Å²) in [7, 11) is 0. The zero-order valence-electron chi connectivity index (χ0n) is 15.8. The molecule has 1 aromatic carbocycles. The van der Waals surface area contributed by atoms with Crippen LogP contribution in [-0.4, -0.2) is 40.1 Å². The van der Waals surface area contributed by atoms with Crippen molar-refractivity contribution in [1.29, 1.82) is 0 Å². The molecule has 1 atom stereocenters. The summed E-state index contributed by atoms with van der Waals surface area (Å²) in [6.07, 6.45) is 7.56. The number of carbonyl (C=O) groups excluding carboxylic acids is 1. The van der Waals surface area contributed by atoms with E-state index < -0.39 is 0 Å². The predicted molar refractivity (Wildman–Crippen MR) is 102 cm³/mol. The maximum Gasteiger partial charge on any atom is 0.316 e.